The van der Waals surface area contributed by atoms with Crippen molar-refractivity contribution >= 4 is 0 Å². The van der Waals surface area contributed by atoms with Crippen LogP contribution >= 0.6 is 0 Å². The predicted molar refractivity (Wildman–Crippen MR) is 104 cm³/mol. The van der Waals surface area contributed by atoms with E-state index in [-0.39, 0.29) is 0 Å². The van der Waals surface area contributed by atoms with E-state index in [4.69, 9.17) is 5.73 Å². The Morgan fingerprint density at radius 2 is 1.09 bits per heavy atom. The van der Waals surface area contributed by atoms with Gasteiger partial charge in [0.2, 0.25) is 0 Å². The van der Waals surface area contributed by atoms with Gasteiger partial charge in [-0.25, -0.2) is 0 Å². The average molecular weight is 329 g/mol. The molecule has 0 unspecified atom stereocenters. The molecule has 140 valence electrons. The molecular weight excluding hydrogens is 284 g/mol. The Hall–Kier alpha value is -0.160. The molecule has 4 N–H and O–H groups in total. The summed E-state index contributed by atoms with van der Waals surface area (Å²) in [6.07, 6.45) is 11.6. The van der Waals surface area contributed by atoms with Crippen LogP contribution < -0.4 is 16.4 Å². The van der Waals surface area contributed by atoms with Gasteiger partial charge >= 0.3 is 0 Å². The standard InChI is InChI=1S/C19H44N4/c1-3-13-21-15-10-18-23(19-11-16-22-14-4-2)17-9-7-5-6-8-12-20/h21-22H,3-20H2,1-2H3. The molecule has 0 aliphatic heterocycles. The fourth-order valence-electron chi connectivity index (χ4n) is 2.80. The fourth-order valence-corrected chi connectivity index (χ4v) is 2.80. The van der Waals surface area contributed by atoms with Crippen molar-refractivity contribution in [1.82, 2.24) is 15.5 Å². The Balaban J connectivity index is 3.73. The number of hydrogen-bond donors (Lipinski definition) is 3. The van der Waals surface area contributed by atoms with Crippen molar-refractivity contribution in [2.75, 3.05) is 52.4 Å². The maximum Gasteiger partial charge on any atom is -0.000663 e. The van der Waals surface area contributed by atoms with E-state index in [0.29, 0.717) is 0 Å². The van der Waals surface area contributed by atoms with Crippen LogP contribution in [0.3, 0.4) is 0 Å². The number of rotatable bonds is 19. The van der Waals surface area contributed by atoms with Gasteiger partial charge in [-0.3, -0.25) is 0 Å². The molecular formula is C19H44N4. The quantitative estimate of drug-likeness (QED) is 0.319. The molecule has 0 aromatic rings. The minimum absolute atomic E-state index is 0.849. The largest absolute Gasteiger partial charge is 0.330 e. The van der Waals surface area contributed by atoms with Crippen LogP contribution in [0.4, 0.5) is 0 Å². The summed E-state index contributed by atoms with van der Waals surface area (Å²) < 4.78 is 0. The van der Waals surface area contributed by atoms with Gasteiger partial charge in [-0.15, -0.1) is 0 Å². The van der Waals surface area contributed by atoms with Crippen LogP contribution in [0.1, 0.15) is 71.6 Å². The fraction of sp³-hybridized carbons (Fsp3) is 1.00. The van der Waals surface area contributed by atoms with Crippen LogP contribution in [0, 0.1) is 0 Å². The van der Waals surface area contributed by atoms with E-state index in [9.17, 15) is 0 Å². The van der Waals surface area contributed by atoms with Crippen LogP contribution in [-0.2, 0) is 0 Å². The van der Waals surface area contributed by atoms with E-state index in [1.807, 2.05) is 0 Å². The smallest absolute Gasteiger partial charge is 0.000663 e. The Bertz CT molecular complexity index is 198. The first kappa shape index (κ1) is 22.8. The van der Waals surface area contributed by atoms with Gasteiger partial charge in [-0.1, -0.05) is 33.1 Å². The Labute approximate surface area is 146 Å². The molecule has 23 heavy (non-hydrogen) atoms. The summed E-state index contributed by atoms with van der Waals surface area (Å²) in [4.78, 5) is 2.67. The highest BCUT2D eigenvalue weighted by molar-refractivity contribution is 4.61. The topological polar surface area (TPSA) is 53.3 Å². The first-order valence-corrected chi connectivity index (χ1v) is 10.2. The second-order valence-corrected chi connectivity index (χ2v) is 6.61. The lowest BCUT2D eigenvalue weighted by atomic mass is 10.1. The Kier molecular flexibility index (Phi) is 19.7. The number of nitrogens with two attached hydrogens (primary N) is 1. The lowest BCUT2D eigenvalue weighted by molar-refractivity contribution is 0.258. The van der Waals surface area contributed by atoms with E-state index in [1.54, 1.807) is 0 Å². The molecule has 4 nitrogen and oxygen atoms in total. The summed E-state index contributed by atoms with van der Waals surface area (Å²) in [7, 11) is 0. The third-order valence-corrected chi connectivity index (χ3v) is 4.19. The first-order valence-electron chi connectivity index (χ1n) is 10.2. The molecule has 0 radical (unpaired) electrons. The van der Waals surface area contributed by atoms with Gasteiger partial charge in [0.1, 0.15) is 0 Å². The summed E-state index contributed by atoms with van der Waals surface area (Å²) in [6.45, 7) is 13.7. The molecule has 0 aliphatic carbocycles. The minimum Gasteiger partial charge on any atom is -0.330 e. The average Bonchev–Trinajstić information content (AvgIpc) is 2.56. The molecule has 4 heteroatoms. The summed E-state index contributed by atoms with van der Waals surface area (Å²) >= 11 is 0. The number of unbranched alkanes of at least 4 members (excludes halogenated alkanes) is 4. The van der Waals surface area contributed by atoms with Crippen molar-refractivity contribution in [3.8, 4) is 0 Å². The van der Waals surface area contributed by atoms with Gasteiger partial charge in [-0.2, -0.15) is 0 Å². The summed E-state index contributed by atoms with van der Waals surface area (Å²) in [6, 6.07) is 0. The highest BCUT2D eigenvalue weighted by atomic mass is 15.1. The molecule has 0 aliphatic rings. The summed E-state index contributed by atoms with van der Waals surface area (Å²) in [5, 5.41) is 7.03. The second kappa shape index (κ2) is 19.9. The van der Waals surface area contributed by atoms with Crippen LogP contribution in [0.2, 0.25) is 0 Å². The van der Waals surface area contributed by atoms with Crippen molar-refractivity contribution in [3.05, 3.63) is 0 Å². The molecule has 0 atom stereocenters. The number of nitrogens with zero attached hydrogens (tertiary/aromatic N) is 1. The molecule has 0 spiro atoms. The lowest BCUT2D eigenvalue weighted by Gasteiger charge is -2.22. The number of nitrogens with one attached hydrogen (secondary N) is 2. The second-order valence-electron chi connectivity index (χ2n) is 6.61. The van der Waals surface area contributed by atoms with E-state index in [1.165, 1.54) is 77.4 Å². The molecule has 0 saturated heterocycles. The Morgan fingerprint density at radius 3 is 1.61 bits per heavy atom. The third-order valence-electron chi connectivity index (χ3n) is 4.19. The zero-order valence-corrected chi connectivity index (χ0v) is 16.0. The van der Waals surface area contributed by atoms with Crippen LogP contribution in [0.25, 0.3) is 0 Å². The normalized spacial score (nSPS) is 11.5. The first-order chi connectivity index (χ1) is 11.3. The molecule has 0 aromatic heterocycles. The molecule has 0 fully saturated rings. The van der Waals surface area contributed by atoms with Crippen molar-refractivity contribution in [2.24, 2.45) is 5.73 Å². The van der Waals surface area contributed by atoms with Gasteiger partial charge in [0.05, 0.1) is 0 Å². The van der Waals surface area contributed by atoms with E-state index in [2.05, 4.69) is 29.4 Å². The highest BCUT2D eigenvalue weighted by Gasteiger charge is 2.04. The van der Waals surface area contributed by atoms with Crippen LogP contribution in [0.5, 0.6) is 0 Å². The highest BCUT2D eigenvalue weighted by Crippen LogP contribution is 2.05. The predicted octanol–water partition coefficient (Wildman–Crippen LogP) is 2.98. The molecule has 0 saturated carbocycles. The number of hydrogen-bond acceptors (Lipinski definition) is 4. The SMILES string of the molecule is CCCNCCCN(CCCCCCCN)CCCNCCC. The van der Waals surface area contributed by atoms with Crippen molar-refractivity contribution in [3.63, 3.8) is 0 Å². The summed E-state index contributed by atoms with van der Waals surface area (Å²) in [5.74, 6) is 0. The van der Waals surface area contributed by atoms with Crippen LogP contribution in [0.15, 0.2) is 0 Å². The van der Waals surface area contributed by atoms with Crippen LogP contribution in [-0.4, -0.2) is 57.3 Å². The minimum atomic E-state index is 0.849. The zero-order chi connectivity index (χ0) is 17.0. The summed E-state index contributed by atoms with van der Waals surface area (Å²) in [5.41, 5.74) is 5.55. The Morgan fingerprint density at radius 1 is 0.609 bits per heavy atom. The van der Waals surface area contributed by atoms with E-state index >= 15 is 0 Å². The van der Waals surface area contributed by atoms with Gasteiger partial charge in [0.15, 0.2) is 0 Å². The molecule has 0 rings (SSSR count). The zero-order valence-electron chi connectivity index (χ0n) is 16.0. The van der Waals surface area contributed by atoms with Gasteiger partial charge in [0.25, 0.3) is 0 Å². The maximum atomic E-state index is 5.55. The third kappa shape index (κ3) is 18.0. The van der Waals surface area contributed by atoms with E-state index in [0.717, 1.165) is 32.7 Å². The monoisotopic (exact) mass is 328 g/mol. The lowest BCUT2D eigenvalue weighted by Crippen LogP contribution is -2.31. The van der Waals surface area contributed by atoms with E-state index < -0.39 is 0 Å². The van der Waals surface area contributed by atoms with Gasteiger partial charge in [-0.05, 0) is 90.9 Å². The van der Waals surface area contributed by atoms with Gasteiger partial charge < -0.3 is 21.3 Å². The maximum absolute atomic E-state index is 5.55. The van der Waals surface area contributed by atoms with Crippen molar-refractivity contribution < 1.29 is 0 Å². The van der Waals surface area contributed by atoms with Crippen molar-refractivity contribution in [1.29, 1.82) is 0 Å². The molecule has 0 aromatic carbocycles. The molecule has 0 amide bonds. The molecule has 0 heterocycles. The van der Waals surface area contributed by atoms with Gasteiger partial charge in [0, 0.05) is 0 Å². The van der Waals surface area contributed by atoms with Crippen molar-refractivity contribution in [2.45, 2.75) is 71.6 Å². The molecule has 0 bridgehead atoms.